The first kappa shape index (κ1) is 33.2. The number of ether oxygens (including phenoxy) is 3. The lowest BCUT2D eigenvalue weighted by Crippen LogP contribution is -2.29. The van der Waals surface area contributed by atoms with Gasteiger partial charge in [-0.1, -0.05) is 68.5 Å². The number of imidazole rings is 1. The van der Waals surface area contributed by atoms with E-state index in [2.05, 4.69) is 71.3 Å². The van der Waals surface area contributed by atoms with Gasteiger partial charge in [0.1, 0.15) is 22.9 Å². The molecule has 0 bridgehead atoms. The Balaban J connectivity index is 1.62. The Hall–Kier alpha value is -4.14. The summed E-state index contributed by atoms with van der Waals surface area (Å²) >= 11 is 0. The Bertz CT molecular complexity index is 1560. The molecule has 1 heterocycles. The molecule has 46 heavy (non-hydrogen) atoms. The van der Waals surface area contributed by atoms with Crippen molar-refractivity contribution in [3.63, 3.8) is 0 Å². The fourth-order valence-corrected chi connectivity index (χ4v) is 6.53. The van der Waals surface area contributed by atoms with E-state index in [9.17, 15) is 4.79 Å². The highest BCUT2D eigenvalue weighted by Gasteiger charge is 2.29. The molecule has 4 aromatic rings. The lowest BCUT2D eigenvalue weighted by atomic mass is 9.83. The molecule has 0 spiro atoms. The Morgan fingerprint density at radius 1 is 0.935 bits per heavy atom. The van der Waals surface area contributed by atoms with Crippen molar-refractivity contribution in [1.29, 1.82) is 0 Å². The number of likely N-dealkylation sites (N-methyl/N-ethyl adjacent to an activating group) is 1. The zero-order chi connectivity index (χ0) is 32.5. The first-order valence-corrected chi connectivity index (χ1v) is 16.4. The van der Waals surface area contributed by atoms with E-state index < -0.39 is 5.97 Å². The van der Waals surface area contributed by atoms with E-state index >= 15 is 0 Å². The molecule has 244 valence electrons. The first-order chi connectivity index (χ1) is 22.4. The van der Waals surface area contributed by atoms with E-state index in [-0.39, 0.29) is 6.04 Å². The van der Waals surface area contributed by atoms with Crippen molar-refractivity contribution in [3.8, 4) is 34.1 Å². The summed E-state index contributed by atoms with van der Waals surface area (Å²) in [6, 6.07) is 24.5. The molecule has 0 saturated heterocycles. The minimum absolute atomic E-state index is 0.0404. The number of methoxy groups -OCH3 is 3. The second kappa shape index (κ2) is 15.9. The average Bonchev–Trinajstić information content (AvgIpc) is 3.48. The molecule has 1 saturated carbocycles. The molecular weight excluding hydrogens is 576 g/mol. The number of benzene rings is 3. The number of carbonyl (C=O) groups is 1. The van der Waals surface area contributed by atoms with Crippen molar-refractivity contribution in [2.45, 2.75) is 57.7 Å². The van der Waals surface area contributed by atoms with Gasteiger partial charge in [0.2, 0.25) is 0 Å². The van der Waals surface area contributed by atoms with Gasteiger partial charge in [0.25, 0.3) is 0 Å². The van der Waals surface area contributed by atoms with Crippen molar-refractivity contribution in [1.82, 2.24) is 19.8 Å². The molecule has 1 fully saturated rings. The van der Waals surface area contributed by atoms with Crippen LogP contribution < -0.4 is 14.8 Å². The summed E-state index contributed by atoms with van der Waals surface area (Å²) < 4.78 is 18.5. The van der Waals surface area contributed by atoms with Gasteiger partial charge in [0, 0.05) is 30.8 Å². The molecule has 0 radical (unpaired) electrons. The van der Waals surface area contributed by atoms with Crippen LogP contribution in [0.4, 0.5) is 0 Å². The predicted molar refractivity (Wildman–Crippen MR) is 183 cm³/mol. The number of hydrogen-bond acceptors (Lipinski definition) is 7. The van der Waals surface area contributed by atoms with Crippen LogP contribution in [0.5, 0.6) is 11.5 Å². The lowest BCUT2D eigenvalue weighted by molar-refractivity contribution is 0.0597. The molecule has 1 unspecified atom stereocenters. The van der Waals surface area contributed by atoms with Gasteiger partial charge in [-0.2, -0.15) is 0 Å². The standard InChI is InChI=1S/C38H48N4O4/c1-41(2)22-23-42-36(35(29-17-19-31(44-3)20-18-29)40-37(42)30-14-10-7-11-15-30)33(24-27-12-8-6-9-13-27)39-26-28-16-21-32(38(43)46-5)34(25-28)45-4/h7,10-11,14-21,25,27,33,39H,6,8-9,12-13,22-24,26H2,1-5H3. The summed E-state index contributed by atoms with van der Waals surface area (Å²) in [6.45, 7) is 2.30. The van der Waals surface area contributed by atoms with Crippen molar-refractivity contribution >= 4 is 5.97 Å². The van der Waals surface area contributed by atoms with E-state index in [1.54, 1.807) is 20.3 Å². The molecule has 1 N–H and O–H groups in total. The molecule has 0 amide bonds. The van der Waals surface area contributed by atoms with Crippen molar-refractivity contribution in [2.24, 2.45) is 5.92 Å². The van der Waals surface area contributed by atoms with Gasteiger partial charge < -0.3 is 29.0 Å². The number of esters is 1. The van der Waals surface area contributed by atoms with Crippen molar-refractivity contribution in [3.05, 3.63) is 89.6 Å². The highest BCUT2D eigenvalue weighted by atomic mass is 16.5. The van der Waals surface area contributed by atoms with Gasteiger partial charge in [-0.15, -0.1) is 0 Å². The fraction of sp³-hybridized carbons (Fsp3) is 0.421. The number of aromatic nitrogens is 2. The molecule has 0 aliphatic heterocycles. The van der Waals surface area contributed by atoms with E-state index in [0.717, 1.165) is 53.5 Å². The Morgan fingerprint density at radius 2 is 1.67 bits per heavy atom. The molecule has 8 nitrogen and oxygen atoms in total. The average molecular weight is 625 g/mol. The summed E-state index contributed by atoms with van der Waals surface area (Å²) in [5.41, 5.74) is 5.81. The third-order valence-electron chi connectivity index (χ3n) is 9.02. The number of carbonyl (C=O) groups excluding carboxylic acids is 1. The van der Waals surface area contributed by atoms with E-state index in [4.69, 9.17) is 19.2 Å². The largest absolute Gasteiger partial charge is 0.497 e. The summed E-state index contributed by atoms with van der Waals surface area (Å²) in [7, 11) is 8.90. The van der Waals surface area contributed by atoms with Gasteiger partial charge in [0.15, 0.2) is 0 Å². The van der Waals surface area contributed by atoms with Crippen LogP contribution >= 0.6 is 0 Å². The second-order valence-corrected chi connectivity index (χ2v) is 12.4. The third-order valence-corrected chi connectivity index (χ3v) is 9.02. The molecule has 5 rings (SSSR count). The van der Waals surface area contributed by atoms with Crippen LogP contribution in [-0.4, -0.2) is 62.4 Å². The predicted octanol–water partition coefficient (Wildman–Crippen LogP) is 7.38. The molecule has 1 atom stereocenters. The molecule has 8 heteroatoms. The van der Waals surface area contributed by atoms with E-state index in [0.29, 0.717) is 23.8 Å². The Kier molecular flexibility index (Phi) is 11.5. The van der Waals surface area contributed by atoms with Crippen LogP contribution in [0.25, 0.3) is 22.6 Å². The minimum Gasteiger partial charge on any atom is -0.497 e. The summed E-state index contributed by atoms with van der Waals surface area (Å²) in [5.74, 6) is 2.53. The minimum atomic E-state index is -0.408. The van der Waals surface area contributed by atoms with Crippen LogP contribution in [0.15, 0.2) is 72.8 Å². The van der Waals surface area contributed by atoms with Gasteiger partial charge >= 0.3 is 5.97 Å². The molecule has 1 aliphatic rings. The summed E-state index contributed by atoms with van der Waals surface area (Å²) in [4.78, 5) is 20.0. The second-order valence-electron chi connectivity index (χ2n) is 12.4. The maximum Gasteiger partial charge on any atom is 0.341 e. The van der Waals surface area contributed by atoms with E-state index in [1.807, 2.05) is 24.3 Å². The normalized spacial score (nSPS) is 14.3. The Labute approximate surface area is 273 Å². The van der Waals surface area contributed by atoms with Crippen LogP contribution in [0, 0.1) is 5.92 Å². The smallest absolute Gasteiger partial charge is 0.341 e. The maximum absolute atomic E-state index is 12.3. The highest BCUT2D eigenvalue weighted by molar-refractivity contribution is 5.92. The Morgan fingerprint density at radius 3 is 2.33 bits per heavy atom. The molecule has 3 aromatic carbocycles. The van der Waals surface area contributed by atoms with Crippen molar-refractivity contribution in [2.75, 3.05) is 42.0 Å². The van der Waals surface area contributed by atoms with Crippen LogP contribution in [-0.2, 0) is 17.8 Å². The molecule has 1 aromatic heterocycles. The van der Waals surface area contributed by atoms with E-state index in [1.165, 1.54) is 44.9 Å². The third kappa shape index (κ3) is 7.98. The SMILES string of the molecule is COC(=O)c1ccc(CNC(CC2CCCCC2)c2c(-c3ccc(OC)cc3)nc(-c3ccccc3)n2CCN(C)C)cc1OC. The van der Waals surface area contributed by atoms with Crippen LogP contribution in [0.1, 0.15) is 66.2 Å². The van der Waals surface area contributed by atoms with Crippen LogP contribution in [0.3, 0.4) is 0 Å². The monoisotopic (exact) mass is 624 g/mol. The summed E-state index contributed by atoms with van der Waals surface area (Å²) in [5, 5.41) is 3.97. The van der Waals surface area contributed by atoms with Crippen molar-refractivity contribution < 1.29 is 19.0 Å². The maximum atomic E-state index is 12.3. The lowest BCUT2D eigenvalue weighted by Gasteiger charge is -2.29. The zero-order valence-electron chi connectivity index (χ0n) is 27.9. The number of hydrogen-bond donors (Lipinski definition) is 1. The highest BCUT2D eigenvalue weighted by Crippen LogP contribution is 2.39. The van der Waals surface area contributed by atoms with Gasteiger partial charge in [-0.05, 0) is 68.4 Å². The number of nitrogens with zero attached hydrogens (tertiary/aromatic N) is 3. The number of nitrogens with one attached hydrogen (secondary N) is 1. The zero-order valence-corrected chi connectivity index (χ0v) is 27.9. The molecular formula is C38H48N4O4. The van der Waals surface area contributed by atoms with Gasteiger partial charge in [-0.25, -0.2) is 9.78 Å². The van der Waals surface area contributed by atoms with Gasteiger partial charge in [-0.3, -0.25) is 0 Å². The topological polar surface area (TPSA) is 77.8 Å². The quantitative estimate of drug-likeness (QED) is 0.147. The summed E-state index contributed by atoms with van der Waals surface area (Å²) in [6.07, 6.45) is 7.39. The first-order valence-electron chi connectivity index (χ1n) is 16.4. The number of rotatable bonds is 14. The van der Waals surface area contributed by atoms with Crippen LogP contribution in [0.2, 0.25) is 0 Å². The fourth-order valence-electron chi connectivity index (χ4n) is 6.53. The molecule has 1 aliphatic carbocycles. The van der Waals surface area contributed by atoms with Gasteiger partial charge in [0.05, 0.1) is 38.8 Å².